The molecular weight excluding hydrogens is 268 g/mol. The van der Waals surface area contributed by atoms with Gasteiger partial charge in [0.1, 0.15) is 5.75 Å². The third-order valence-corrected chi connectivity index (χ3v) is 3.28. The number of nitrogens with zero attached hydrogens (tertiary/aromatic N) is 2. The predicted octanol–water partition coefficient (Wildman–Crippen LogP) is 2.81. The first-order chi connectivity index (χ1) is 9.33. The second kappa shape index (κ2) is 5.59. The molecule has 1 aliphatic heterocycles. The molecule has 1 aliphatic rings. The topological polar surface area (TPSA) is 57.4 Å². The molecular formula is C13H13ClN2O3. The van der Waals surface area contributed by atoms with Crippen LogP contribution in [0.5, 0.6) is 5.75 Å². The second-order valence-corrected chi connectivity index (χ2v) is 4.73. The van der Waals surface area contributed by atoms with Crippen LogP contribution in [-0.4, -0.2) is 23.4 Å². The van der Waals surface area contributed by atoms with Crippen molar-refractivity contribution < 1.29 is 14.0 Å². The summed E-state index contributed by atoms with van der Waals surface area (Å²) in [5.74, 6) is 1.98. The van der Waals surface area contributed by atoms with E-state index in [9.17, 15) is 0 Å². The average Bonchev–Trinajstić information content (AvgIpc) is 3.09. The molecule has 5 nitrogen and oxygen atoms in total. The molecule has 1 saturated heterocycles. The van der Waals surface area contributed by atoms with Crippen molar-refractivity contribution >= 4 is 11.6 Å². The van der Waals surface area contributed by atoms with Crippen LogP contribution < -0.4 is 4.74 Å². The molecule has 0 spiro atoms. The molecule has 3 rings (SSSR count). The number of hydrogen-bond acceptors (Lipinski definition) is 5. The molecule has 19 heavy (non-hydrogen) atoms. The van der Waals surface area contributed by atoms with Crippen LogP contribution in [0, 0.1) is 0 Å². The van der Waals surface area contributed by atoms with Crippen molar-refractivity contribution in [2.45, 2.75) is 18.9 Å². The van der Waals surface area contributed by atoms with Gasteiger partial charge in [0, 0.05) is 12.5 Å². The lowest BCUT2D eigenvalue weighted by Crippen LogP contribution is -2.01. The molecule has 0 aliphatic carbocycles. The molecule has 0 saturated carbocycles. The van der Waals surface area contributed by atoms with Gasteiger partial charge in [0.25, 0.3) is 5.89 Å². The largest absolute Gasteiger partial charge is 0.482 e. The average molecular weight is 281 g/mol. The van der Waals surface area contributed by atoms with Crippen molar-refractivity contribution in [2.75, 3.05) is 13.2 Å². The minimum absolute atomic E-state index is 0.213. The maximum Gasteiger partial charge on any atom is 0.264 e. The fourth-order valence-corrected chi connectivity index (χ4v) is 2.12. The highest BCUT2D eigenvalue weighted by molar-refractivity contribution is 6.32. The van der Waals surface area contributed by atoms with Gasteiger partial charge in [0.2, 0.25) is 0 Å². The number of ether oxygens (including phenoxy) is 2. The summed E-state index contributed by atoms with van der Waals surface area (Å²) < 4.78 is 16.0. The van der Waals surface area contributed by atoms with E-state index in [4.69, 9.17) is 25.6 Å². The highest BCUT2D eigenvalue weighted by Crippen LogP contribution is 2.25. The lowest BCUT2D eigenvalue weighted by molar-refractivity contribution is 0.192. The summed E-state index contributed by atoms with van der Waals surface area (Å²) in [6.07, 6.45) is 0.935. The molecule has 100 valence electrons. The Morgan fingerprint density at radius 2 is 2.26 bits per heavy atom. The molecule has 2 heterocycles. The van der Waals surface area contributed by atoms with Gasteiger partial charge < -0.3 is 14.0 Å². The minimum atomic E-state index is 0.213. The van der Waals surface area contributed by atoms with Crippen LogP contribution in [0.4, 0.5) is 0 Å². The predicted molar refractivity (Wildman–Crippen MR) is 68.3 cm³/mol. The lowest BCUT2D eigenvalue weighted by atomic mass is 10.1. The molecule has 0 amide bonds. The lowest BCUT2D eigenvalue weighted by Gasteiger charge is -2.04. The monoisotopic (exact) mass is 280 g/mol. The van der Waals surface area contributed by atoms with E-state index in [0.717, 1.165) is 13.0 Å². The van der Waals surface area contributed by atoms with E-state index < -0.39 is 0 Å². The van der Waals surface area contributed by atoms with Crippen LogP contribution >= 0.6 is 11.6 Å². The maximum atomic E-state index is 5.99. The molecule has 0 radical (unpaired) electrons. The summed E-state index contributed by atoms with van der Waals surface area (Å²) in [7, 11) is 0. The van der Waals surface area contributed by atoms with Gasteiger partial charge in [-0.05, 0) is 18.6 Å². The van der Waals surface area contributed by atoms with Crippen LogP contribution in [0.25, 0.3) is 0 Å². The molecule has 6 heteroatoms. The normalized spacial score (nSPS) is 18.7. The molecule has 1 aromatic carbocycles. The molecule has 1 aromatic heterocycles. The van der Waals surface area contributed by atoms with Gasteiger partial charge in [-0.3, -0.25) is 0 Å². The first-order valence-electron chi connectivity index (χ1n) is 6.10. The van der Waals surface area contributed by atoms with E-state index >= 15 is 0 Å². The van der Waals surface area contributed by atoms with E-state index in [2.05, 4.69) is 10.1 Å². The van der Waals surface area contributed by atoms with Crippen molar-refractivity contribution in [1.82, 2.24) is 10.1 Å². The van der Waals surface area contributed by atoms with Gasteiger partial charge in [-0.1, -0.05) is 28.9 Å². The summed E-state index contributed by atoms with van der Waals surface area (Å²) in [4.78, 5) is 4.31. The highest BCUT2D eigenvalue weighted by Gasteiger charge is 2.23. The maximum absolute atomic E-state index is 5.99. The van der Waals surface area contributed by atoms with Crippen molar-refractivity contribution in [1.29, 1.82) is 0 Å². The van der Waals surface area contributed by atoms with E-state index in [1.54, 1.807) is 12.1 Å². The molecule has 0 unspecified atom stereocenters. The van der Waals surface area contributed by atoms with Crippen molar-refractivity contribution in [3.8, 4) is 5.75 Å². The van der Waals surface area contributed by atoms with Crippen molar-refractivity contribution in [2.24, 2.45) is 0 Å². The Balaban J connectivity index is 1.63. The third kappa shape index (κ3) is 2.88. The number of rotatable bonds is 4. The van der Waals surface area contributed by atoms with Crippen LogP contribution in [-0.2, 0) is 11.3 Å². The summed E-state index contributed by atoms with van der Waals surface area (Å²) >= 11 is 5.99. The zero-order chi connectivity index (χ0) is 13.1. The number of aromatic nitrogens is 2. The summed E-state index contributed by atoms with van der Waals surface area (Å²) in [6.45, 7) is 1.62. The fourth-order valence-electron chi connectivity index (χ4n) is 1.93. The Kier molecular flexibility index (Phi) is 3.66. The van der Waals surface area contributed by atoms with E-state index in [1.165, 1.54) is 0 Å². The van der Waals surface area contributed by atoms with Crippen LogP contribution in [0.2, 0.25) is 5.02 Å². The molecule has 1 atom stereocenters. The Hall–Kier alpha value is -1.59. The molecule has 2 aromatic rings. The van der Waals surface area contributed by atoms with Crippen LogP contribution in [0.15, 0.2) is 28.8 Å². The highest BCUT2D eigenvalue weighted by atomic mass is 35.5. The Labute approximate surface area is 115 Å². The standard InChI is InChI=1S/C13H13ClN2O3/c14-10-3-1-2-4-11(10)18-8-12-15-13(16-19-12)9-5-6-17-7-9/h1-4,9H,5-8H2/t9-/m0/s1. The summed E-state index contributed by atoms with van der Waals surface area (Å²) in [5.41, 5.74) is 0. The van der Waals surface area contributed by atoms with Gasteiger partial charge in [-0.2, -0.15) is 4.98 Å². The van der Waals surface area contributed by atoms with E-state index in [-0.39, 0.29) is 12.5 Å². The van der Waals surface area contributed by atoms with E-state index in [1.807, 2.05) is 12.1 Å². The van der Waals surface area contributed by atoms with Gasteiger partial charge >= 0.3 is 0 Å². The number of halogens is 1. The molecule has 0 bridgehead atoms. The first kappa shape index (κ1) is 12.4. The third-order valence-electron chi connectivity index (χ3n) is 2.97. The Morgan fingerprint density at radius 3 is 3.05 bits per heavy atom. The summed E-state index contributed by atoms with van der Waals surface area (Å²) in [6, 6.07) is 7.27. The number of para-hydroxylation sites is 1. The van der Waals surface area contributed by atoms with Crippen LogP contribution in [0.3, 0.4) is 0 Å². The fraction of sp³-hybridized carbons (Fsp3) is 0.385. The Bertz CT molecular complexity index is 552. The van der Waals surface area contributed by atoms with Gasteiger partial charge in [0.15, 0.2) is 12.4 Å². The van der Waals surface area contributed by atoms with Crippen molar-refractivity contribution in [3.05, 3.63) is 41.0 Å². The van der Waals surface area contributed by atoms with E-state index in [0.29, 0.717) is 29.1 Å². The Morgan fingerprint density at radius 1 is 1.37 bits per heavy atom. The van der Waals surface area contributed by atoms with Gasteiger partial charge in [-0.25, -0.2) is 0 Å². The molecule has 1 fully saturated rings. The van der Waals surface area contributed by atoms with Gasteiger partial charge in [0.05, 0.1) is 11.6 Å². The number of benzene rings is 1. The first-order valence-corrected chi connectivity index (χ1v) is 6.48. The second-order valence-electron chi connectivity index (χ2n) is 4.33. The molecule has 0 N–H and O–H groups in total. The minimum Gasteiger partial charge on any atom is -0.482 e. The van der Waals surface area contributed by atoms with Crippen molar-refractivity contribution in [3.63, 3.8) is 0 Å². The number of hydrogen-bond donors (Lipinski definition) is 0. The zero-order valence-electron chi connectivity index (χ0n) is 10.2. The zero-order valence-corrected chi connectivity index (χ0v) is 11.0. The smallest absolute Gasteiger partial charge is 0.264 e. The SMILES string of the molecule is Clc1ccccc1OCc1nc([C@H]2CCOC2)no1. The summed E-state index contributed by atoms with van der Waals surface area (Å²) in [5, 5.41) is 4.52. The van der Waals surface area contributed by atoms with Gasteiger partial charge in [-0.15, -0.1) is 0 Å². The van der Waals surface area contributed by atoms with Crippen LogP contribution in [0.1, 0.15) is 24.1 Å². The quantitative estimate of drug-likeness (QED) is 0.862.